The van der Waals surface area contributed by atoms with Crippen molar-refractivity contribution in [1.82, 2.24) is 4.90 Å². The molecule has 1 aliphatic heterocycles. The van der Waals surface area contributed by atoms with Crippen molar-refractivity contribution < 1.29 is 5.11 Å². The van der Waals surface area contributed by atoms with Gasteiger partial charge in [0.25, 0.3) is 0 Å². The van der Waals surface area contributed by atoms with Crippen LogP contribution in [-0.2, 0) is 0 Å². The third-order valence-electron chi connectivity index (χ3n) is 4.70. The van der Waals surface area contributed by atoms with Gasteiger partial charge in [-0.3, -0.25) is 0 Å². The summed E-state index contributed by atoms with van der Waals surface area (Å²) in [5.74, 6) is 0.919. The standard InChI is InChI=1S/C18H29NO/c1-3-16-5-4-12-19(13-10-16)14-11-18(20)17-8-6-15(2)7-9-17/h6-9,16,18,20H,3-5,10-14H2,1-2H3. The van der Waals surface area contributed by atoms with Gasteiger partial charge in [0.05, 0.1) is 6.10 Å². The van der Waals surface area contributed by atoms with Crippen LogP contribution in [0.5, 0.6) is 0 Å². The van der Waals surface area contributed by atoms with Crippen LogP contribution in [0.1, 0.15) is 56.3 Å². The largest absolute Gasteiger partial charge is 0.388 e. The van der Waals surface area contributed by atoms with Gasteiger partial charge >= 0.3 is 0 Å². The zero-order valence-electron chi connectivity index (χ0n) is 13.0. The highest BCUT2D eigenvalue weighted by Gasteiger charge is 2.16. The van der Waals surface area contributed by atoms with Gasteiger partial charge in [-0.2, -0.15) is 0 Å². The molecule has 0 amide bonds. The van der Waals surface area contributed by atoms with Crippen molar-refractivity contribution in [3.63, 3.8) is 0 Å². The lowest BCUT2D eigenvalue weighted by molar-refractivity contribution is 0.142. The molecule has 1 saturated heterocycles. The molecule has 0 radical (unpaired) electrons. The first-order valence-corrected chi connectivity index (χ1v) is 8.16. The first kappa shape index (κ1) is 15.5. The highest BCUT2D eigenvalue weighted by molar-refractivity contribution is 5.22. The number of hydrogen-bond donors (Lipinski definition) is 1. The molecule has 1 aromatic rings. The predicted octanol–water partition coefficient (Wildman–Crippen LogP) is 3.93. The van der Waals surface area contributed by atoms with Crippen LogP contribution in [0.3, 0.4) is 0 Å². The Hall–Kier alpha value is -0.860. The lowest BCUT2D eigenvalue weighted by Crippen LogP contribution is -2.27. The summed E-state index contributed by atoms with van der Waals surface area (Å²) in [5.41, 5.74) is 2.30. The van der Waals surface area contributed by atoms with Gasteiger partial charge in [-0.25, -0.2) is 0 Å². The van der Waals surface area contributed by atoms with Gasteiger partial charge in [-0.1, -0.05) is 43.2 Å². The van der Waals surface area contributed by atoms with E-state index in [0.29, 0.717) is 0 Å². The number of nitrogens with zero attached hydrogens (tertiary/aromatic N) is 1. The van der Waals surface area contributed by atoms with Gasteiger partial charge in [-0.05, 0) is 57.2 Å². The Morgan fingerprint density at radius 3 is 2.65 bits per heavy atom. The lowest BCUT2D eigenvalue weighted by atomic mass is 9.98. The molecular formula is C18H29NO. The Kier molecular flexibility index (Phi) is 6.06. The molecule has 2 nitrogen and oxygen atoms in total. The third-order valence-corrected chi connectivity index (χ3v) is 4.70. The van der Waals surface area contributed by atoms with E-state index in [1.807, 2.05) is 0 Å². The van der Waals surface area contributed by atoms with Crippen molar-refractivity contribution in [1.29, 1.82) is 0 Å². The fourth-order valence-corrected chi connectivity index (χ4v) is 3.12. The minimum Gasteiger partial charge on any atom is -0.388 e. The molecule has 2 unspecified atom stereocenters. The second kappa shape index (κ2) is 7.80. The topological polar surface area (TPSA) is 23.5 Å². The third kappa shape index (κ3) is 4.60. The first-order valence-electron chi connectivity index (χ1n) is 8.16. The molecule has 112 valence electrons. The van der Waals surface area contributed by atoms with Gasteiger partial charge in [0.2, 0.25) is 0 Å². The summed E-state index contributed by atoms with van der Waals surface area (Å²) < 4.78 is 0. The number of benzene rings is 1. The molecule has 1 aromatic carbocycles. The molecule has 0 aromatic heterocycles. The molecule has 0 aliphatic carbocycles. The summed E-state index contributed by atoms with van der Waals surface area (Å²) in [6.07, 6.45) is 5.88. The second-order valence-corrected chi connectivity index (χ2v) is 6.26. The molecule has 0 bridgehead atoms. The van der Waals surface area contributed by atoms with E-state index in [9.17, 15) is 5.11 Å². The van der Waals surface area contributed by atoms with Crippen LogP contribution in [0.25, 0.3) is 0 Å². The van der Waals surface area contributed by atoms with E-state index in [1.54, 1.807) is 0 Å². The number of rotatable bonds is 5. The zero-order valence-corrected chi connectivity index (χ0v) is 13.0. The van der Waals surface area contributed by atoms with Crippen molar-refractivity contribution in [3.8, 4) is 0 Å². The van der Waals surface area contributed by atoms with Crippen molar-refractivity contribution in [2.45, 2.75) is 52.1 Å². The quantitative estimate of drug-likeness (QED) is 0.880. The van der Waals surface area contributed by atoms with E-state index in [4.69, 9.17) is 0 Å². The zero-order chi connectivity index (χ0) is 14.4. The van der Waals surface area contributed by atoms with Crippen LogP contribution in [0.15, 0.2) is 24.3 Å². The van der Waals surface area contributed by atoms with Crippen LogP contribution in [-0.4, -0.2) is 29.6 Å². The number of aryl methyl sites for hydroxylation is 1. The van der Waals surface area contributed by atoms with Gasteiger partial charge in [0.1, 0.15) is 0 Å². The van der Waals surface area contributed by atoms with Crippen molar-refractivity contribution in [2.24, 2.45) is 5.92 Å². The molecule has 20 heavy (non-hydrogen) atoms. The van der Waals surface area contributed by atoms with Crippen molar-refractivity contribution in [3.05, 3.63) is 35.4 Å². The minimum absolute atomic E-state index is 0.319. The smallest absolute Gasteiger partial charge is 0.0802 e. The van der Waals surface area contributed by atoms with E-state index in [2.05, 4.69) is 43.0 Å². The fraction of sp³-hybridized carbons (Fsp3) is 0.667. The van der Waals surface area contributed by atoms with E-state index >= 15 is 0 Å². The summed E-state index contributed by atoms with van der Waals surface area (Å²) in [4.78, 5) is 2.53. The molecule has 2 rings (SSSR count). The number of hydrogen-bond acceptors (Lipinski definition) is 2. The number of aliphatic hydroxyl groups excluding tert-OH is 1. The Balaban J connectivity index is 1.78. The first-order chi connectivity index (χ1) is 9.69. The predicted molar refractivity (Wildman–Crippen MR) is 84.8 cm³/mol. The summed E-state index contributed by atoms with van der Waals surface area (Å²) in [6, 6.07) is 8.26. The highest BCUT2D eigenvalue weighted by Crippen LogP contribution is 2.22. The normalized spacial score (nSPS) is 22.4. The second-order valence-electron chi connectivity index (χ2n) is 6.26. The molecular weight excluding hydrogens is 246 g/mol. The van der Waals surface area contributed by atoms with E-state index in [0.717, 1.165) is 24.4 Å². The van der Waals surface area contributed by atoms with Gasteiger partial charge in [-0.15, -0.1) is 0 Å². The van der Waals surface area contributed by atoms with Crippen LogP contribution in [0.4, 0.5) is 0 Å². The molecule has 2 atom stereocenters. The maximum atomic E-state index is 10.3. The molecule has 1 fully saturated rings. The Labute approximate surface area is 123 Å². The average Bonchev–Trinajstić information content (AvgIpc) is 2.70. The van der Waals surface area contributed by atoms with E-state index in [-0.39, 0.29) is 6.10 Å². The summed E-state index contributed by atoms with van der Waals surface area (Å²) in [5, 5.41) is 10.3. The summed E-state index contributed by atoms with van der Waals surface area (Å²) in [7, 11) is 0. The van der Waals surface area contributed by atoms with E-state index in [1.165, 1.54) is 44.3 Å². The maximum absolute atomic E-state index is 10.3. The van der Waals surface area contributed by atoms with Crippen molar-refractivity contribution >= 4 is 0 Å². The van der Waals surface area contributed by atoms with Crippen LogP contribution >= 0.6 is 0 Å². The molecule has 2 heteroatoms. The van der Waals surface area contributed by atoms with Gasteiger partial charge < -0.3 is 10.0 Å². The average molecular weight is 275 g/mol. The summed E-state index contributed by atoms with van der Waals surface area (Å²) in [6.45, 7) is 7.82. The molecule has 0 saturated carbocycles. The fourth-order valence-electron chi connectivity index (χ4n) is 3.12. The SMILES string of the molecule is CCC1CCCN(CCC(O)c2ccc(C)cc2)CC1. The molecule has 1 N–H and O–H groups in total. The number of likely N-dealkylation sites (tertiary alicyclic amines) is 1. The Bertz CT molecular complexity index is 387. The highest BCUT2D eigenvalue weighted by atomic mass is 16.3. The molecule has 0 spiro atoms. The number of aliphatic hydroxyl groups is 1. The van der Waals surface area contributed by atoms with E-state index < -0.39 is 0 Å². The van der Waals surface area contributed by atoms with Gasteiger partial charge in [0.15, 0.2) is 0 Å². The molecule has 1 heterocycles. The van der Waals surface area contributed by atoms with Crippen molar-refractivity contribution in [2.75, 3.05) is 19.6 Å². The lowest BCUT2D eigenvalue weighted by Gasteiger charge is -2.22. The summed E-state index contributed by atoms with van der Waals surface area (Å²) >= 11 is 0. The van der Waals surface area contributed by atoms with Gasteiger partial charge in [0, 0.05) is 6.54 Å². The van der Waals surface area contributed by atoms with Crippen LogP contribution < -0.4 is 0 Å². The minimum atomic E-state index is -0.319. The Morgan fingerprint density at radius 2 is 1.95 bits per heavy atom. The molecule has 1 aliphatic rings. The monoisotopic (exact) mass is 275 g/mol. The van der Waals surface area contributed by atoms with Crippen LogP contribution in [0.2, 0.25) is 0 Å². The Morgan fingerprint density at radius 1 is 1.20 bits per heavy atom. The van der Waals surface area contributed by atoms with Crippen LogP contribution in [0, 0.1) is 12.8 Å². The maximum Gasteiger partial charge on any atom is 0.0802 e.